The van der Waals surface area contributed by atoms with Gasteiger partial charge in [-0.2, -0.15) is 0 Å². The van der Waals surface area contributed by atoms with Crippen LogP contribution in [0.15, 0.2) is 29.5 Å². The SMILES string of the molecule is CCCC(=O)C1=C(O)CC(c2cccc3c2OCO3)CC1=O. The van der Waals surface area contributed by atoms with Crippen molar-refractivity contribution >= 4 is 11.6 Å². The van der Waals surface area contributed by atoms with Gasteiger partial charge in [0.15, 0.2) is 23.1 Å². The third-order valence-corrected chi connectivity index (χ3v) is 4.06. The Balaban J connectivity index is 1.90. The van der Waals surface area contributed by atoms with Gasteiger partial charge in [-0.15, -0.1) is 0 Å². The van der Waals surface area contributed by atoms with Crippen LogP contribution in [0.3, 0.4) is 0 Å². The second-order valence-corrected chi connectivity index (χ2v) is 5.60. The molecule has 1 aromatic rings. The van der Waals surface area contributed by atoms with E-state index in [9.17, 15) is 14.7 Å². The average Bonchev–Trinajstić information content (AvgIpc) is 2.95. The molecule has 1 atom stereocenters. The number of carbonyl (C=O) groups is 2. The molecular formula is C17H18O5. The van der Waals surface area contributed by atoms with Crippen LogP contribution in [0.25, 0.3) is 0 Å². The van der Waals surface area contributed by atoms with Gasteiger partial charge >= 0.3 is 0 Å². The van der Waals surface area contributed by atoms with Crippen LogP contribution in [-0.4, -0.2) is 23.5 Å². The van der Waals surface area contributed by atoms with E-state index in [4.69, 9.17) is 9.47 Å². The Hall–Kier alpha value is -2.30. The molecule has 0 amide bonds. The number of carbonyl (C=O) groups excluding carboxylic acids is 2. The van der Waals surface area contributed by atoms with Gasteiger partial charge in [0.2, 0.25) is 6.79 Å². The molecule has 2 aliphatic rings. The number of ether oxygens (including phenoxy) is 2. The molecule has 1 aromatic carbocycles. The zero-order valence-corrected chi connectivity index (χ0v) is 12.4. The molecule has 5 heteroatoms. The summed E-state index contributed by atoms with van der Waals surface area (Å²) in [6.07, 6.45) is 1.42. The predicted octanol–water partition coefficient (Wildman–Crippen LogP) is 3.04. The Kier molecular flexibility index (Phi) is 3.88. The molecule has 1 aliphatic carbocycles. The van der Waals surface area contributed by atoms with Crippen LogP contribution in [0.4, 0.5) is 0 Å². The molecule has 22 heavy (non-hydrogen) atoms. The minimum absolute atomic E-state index is 0.0113. The molecule has 1 heterocycles. The van der Waals surface area contributed by atoms with Gasteiger partial charge in [-0.1, -0.05) is 19.1 Å². The molecule has 0 radical (unpaired) electrons. The molecule has 0 aromatic heterocycles. The fourth-order valence-corrected chi connectivity index (χ4v) is 3.06. The van der Waals surface area contributed by atoms with E-state index in [0.29, 0.717) is 17.9 Å². The standard InChI is InChI=1S/C17H18O5/c1-2-4-12(18)16-13(19)7-10(8-14(16)20)11-5-3-6-15-17(11)22-9-21-15/h3,5-6,10,19H,2,4,7-9H2,1H3. The molecule has 0 saturated carbocycles. The molecule has 116 valence electrons. The molecule has 0 fully saturated rings. The summed E-state index contributed by atoms with van der Waals surface area (Å²) in [5.41, 5.74) is 0.833. The van der Waals surface area contributed by atoms with E-state index in [0.717, 1.165) is 5.56 Å². The molecule has 0 saturated heterocycles. The van der Waals surface area contributed by atoms with Gasteiger partial charge in [-0.25, -0.2) is 0 Å². The number of Topliss-reactive ketones (excluding diaryl/α,β-unsaturated/α-hetero) is 2. The summed E-state index contributed by atoms with van der Waals surface area (Å²) in [6.45, 7) is 2.03. The van der Waals surface area contributed by atoms with Gasteiger partial charge in [-0.3, -0.25) is 9.59 Å². The van der Waals surface area contributed by atoms with Crippen LogP contribution < -0.4 is 9.47 Å². The number of ketones is 2. The maximum Gasteiger partial charge on any atom is 0.231 e. The van der Waals surface area contributed by atoms with Crippen molar-refractivity contribution in [3.63, 3.8) is 0 Å². The summed E-state index contributed by atoms with van der Waals surface area (Å²) < 4.78 is 10.8. The summed E-state index contributed by atoms with van der Waals surface area (Å²) >= 11 is 0. The lowest BCUT2D eigenvalue weighted by Crippen LogP contribution is -2.23. The first-order valence-electron chi connectivity index (χ1n) is 7.48. The van der Waals surface area contributed by atoms with Crippen LogP contribution >= 0.6 is 0 Å². The second kappa shape index (κ2) is 5.83. The van der Waals surface area contributed by atoms with Crippen LogP contribution in [0.5, 0.6) is 11.5 Å². The van der Waals surface area contributed by atoms with Crippen molar-refractivity contribution in [2.75, 3.05) is 6.79 Å². The number of benzene rings is 1. The number of allylic oxidation sites excluding steroid dienone is 2. The summed E-state index contributed by atoms with van der Waals surface area (Å²) in [5.74, 6) is 0.446. The Bertz CT molecular complexity index is 659. The van der Waals surface area contributed by atoms with E-state index in [1.54, 1.807) is 0 Å². The van der Waals surface area contributed by atoms with Crippen molar-refractivity contribution in [3.8, 4) is 11.5 Å². The number of aliphatic hydroxyl groups excluding tert-OH is 1. The maximum atomic E-state index is 12.3. The summed E-state index contributed by atoms with van der Waals surface area (Å²) in [7, 11) is 0. The largest absolute Gasteiger partial charge is 0.511 e. The molecule has 0 bridgehead atoms. The number of rotatable bonds is 4. The van der Waals surface area contributed by atoms with Gasteiger partial charge in [0, 0.05) is 30.7 Å². The Morgan fingerprint density at radius 1 is 1.32 bits per heavy atom. The minimum Gasteiger partial charge on any atom is -0.511 e. The normalized spacial score (nSPS) is 20.4. The highest BCUT2D eigenvalue weighted by molar-refractivity contribution is 6.21. The Morgan fingerprint density at radius 3 is 2.86 bits per heavy atom. The van der Waals surface area contributed by atoms with Crippen molar-refractivity contribution in [3.05, 3.63) is 35.1 Å². The molecule has 1 N–H and O–H groups in total. The predicted molar refractivity (Wildman–Crippen MR) is 79.1 cm³/mol. The quantitative estimate of drug-likeness (QED) is 0.865. The minimum atomic E-state index is -0.288. The van der Waals surface area contributed by atoms with Crippen LogP contribution in [-0.2, 0) is 9.59 Å². The molecule has 1 unspecified atom stereocenters. The van der Waals surface area contributed by atoms with E-state index < -0.39 is 0 Å². The van der Waals surface area contributed by atoms with Crippen molar-refractivity contribution in [2.45, 2.75) is 38.5 Å². The Labute approximate surface area is 128 Å². The maximum absolute atomic E-state index is 12.3. The first kappa shape index (κ1) is 14.6. The van der Waals surface area contributed by atoms with Gasteiger partial charge in [0.25, 0.3) is 0 Å². The summed E-state index contributed by atoms with van der Waals surface area (Å²) in [5, 5.41) is 10.2. The number of hydrogen-bond acceptors (Lipinski definition) is 5. The van der Waals surface area contributed by atoms with E-state index >= 15 is 0 Å². The van der Waals surface area contributed by atoms with E-state index in [2.05, 4.69) is 0 Å². The van der Waals surface area contributed by atoms with Gasteiger partial charge in [0.05, 0.1) is 5.57 Å². The summed E-state index contributed by atoms with van der Waals surface area (Å²) in [4.78, 5) is 24.3. The van der Waals surface area contributed by atoms with Gasteiger partial charge in [-0.05, 0) is 12.5 Å². The summed E-state index contributed by atoms with van der Waals surface area (Å²) in [6, 6.07) is 5.52. The number of hydrogen-bond donors (Lipinski definition) is 1. The fraction of sp³-hybridized carbons (Fsp3) is 0.412. The first-order chi connectivity index (χ1) is 10.6. The molecule has 3 rings (SSSR count). The van der Waals surface area contributed by atoms with Gasteiger partial charge in [0.1, 0.15) is 5.76 Å². The lowest BCUT2D eigenvalue weighted by Gasteiger charge is -2.24. The van der Waals surface area contributed by atoms with Crippen molar-refractivity contribution < 1.29 is 24.2 Å². The van der Waals surface area contributed by atoms with Gasteiger partial charge < -0.3 is 14.6 Å². The van der Waals surface area contributed by atoms with Crippen molar-refractivity contribution in [1.82, 2.24) is 0 Å². The van der Waals surface area contributed by atoms with Crippen molar-refractivity contribution in [2.24, 2.45) is 0 Å². The lowest BCUT2D eigenvalue weighted by molar-refractivity contribution is -0.122. The molecule has 5 nitrogen and oxygen atoms in total. The highest BCUT2D eigenvalue weighted by atomic mass is 16.7. The number of aliphatic hydroxyl groups is 1. The molecule has 1 aliphatic heterocycles. The zero-order valence-electron chi connectivity index (χ0n) is 12.4. The van der Waals surface area contributed by atoms with E-state index in [1.165, 1.54) is 0 Å². The zero-order chi connectivity index (χ0) is 15.7. The van der Waals surface area contributed by atoms with E-state index in [1.807, 2.05) is 25.1 Å². The molecular weight excluding hydrogens is 284 g/mol. The highest BCUT2D eigenvalue weighted by Gasteiger charge is 2.34. The first-order valence-corrected chi connectivity index (χ1v) is 7.48. The topological polar surface area (TPSA) is 72.8 Å². The van der Waals surface area contributed by atoms with Crippen LogP contribution in [0, 0.1) is 0 Å². The third-order valence-electron chi connectivity index (χ3n) is 4.06. The lowest BCUT2D eigenvalue weighted by atomic mass is 9.80. The van der Waals surface area contributed by atoms with Crippen LogP contribution in [0.2, 0.25) is 0 Å². The van der Waals surface area contributed by atoms with E-state index in [-0.39, 0.29) is 54.9 Å². The van der Waals surface area contributed by atoms with Crippen LogP contribution in [0.1, 0.15) is 44.1 Å². The number of para-hydroxylation sites is 1. The number of fused-ring (bicyclic) bond motifs is 1. The fourth-order valence-electron chi connectivity index (χ4n) is 3.06. The molecule has 0 spiro atoms. The monoisotopic (exact) mass is 302 g/mol. The average molecular weight is 302 g/mol. The Morgan fingerprint density at radius 2 is 2.14 bits per heavy atom. The third kappa shape index (κ3) is 2.47. The highest BCUT2D eigenvalue weighted by Crippen LogP contribution is 2.44. The smallest absolute Gasteiger partial charge is 0.231 e. The van der Waals surface area contributed by atoms with Crippen molar-refractivity contribution in [1.29, 1.82) is 0 Å². The second-order valence-electron chi connectivity index (χ2n) is 5.60.